The Balaban J connectivity index is 0.00000289. The molecular weight excluding hydrogens is 256 g/mol. The molecule has 1 aliphatic rings. The first-order valence-electron chi connectivity index (χ1n) is 6.08. The quantitative estimate of drug-likeness (QED) is 0.690. The van der Waals surface area contributed by atoms with Crippen molar-refractivity contribution in [1.29, 1.82) is 0 Å². The van der Waals surface area contributed by atoms with E-state index in [1.165, 1.54) is 7.11 Å². The van der Waals surface area contributed by atoms with Crippen molar-refractivity contribution >= 4 is 18.4 Å². The number of hydrogen-bond acceptors (Lipinski definition) is 5. The molecule has 0 aliphatic carbocycles. The third-order valence-corrected chi connectivity index (χ3v) is 3.25. The summed E-state index contributed by atoms with van der Waals surface area (Å²) < 4.78 is 9.80. The number of esters is 1. The largest absolute Gasteiger partial charge is 0.468 e. The highest BCUT2D eigenvalue weighted by Crippen LogP contribution is 2.25. The molecule has 1 atom stereocenters. The van der Waals surface area contributed by atoms with E-state index < -0.39 is 0 Å². The molecule has 18 heavy (non-hydrogen) atoms. The zero-order chi connectivity index (χ0) is 12.7. The minimum Gasteiger partial charge on any atom is -0.468 e. The van der Waals surface area contributed by atoms with Gasteiger partial charge in [0, 0.05) is 26.7 Å². The third kappa shape index (κ3) is 6.00. The number of methoxy groups -OCH3 is 2. The number of hydrogen-bond donors (Lipinski definition) is 1. The second kappa shape index (κ2) is 8.69. The summed E-state index contributed by atoms with van der Waals surface area (Å²) >= 11 is 0. The molecule has 1 heterocycles. The van der Waals surface area contributed by atoms with Crippen LogP contribution in [0.15, 0.2) is 0 Å². The number of halogens is 1. The van der Waals surface area contributed by atoms with Gasteiger partial charge in [0.05, 0.1) is 20.3 Å². The van der Waals surface area contributed by atoms with Gasteiger partial charge in [-0.05, 0) is 18.4 Å². The monoisotopic (exact) mass is 280 g/mol. The molecule has 0 aromatic rings. The van der Waals surface area contributed by atoms with Crippen molar-refractivity contribution in [1.82, 2.24) is 10.2 Å². The van der Waals surface area contributed by atoms with Crippen molar-refractivity contribution in [3.05, 3.63) is 0 Å². The maximum absolute atomic E-state index is 11.3. The van der Waals surface area contributed by atoms with Gasteiger partial charge in [-0.15, -0.1) is 12.4 Å². The van der Waals surface area contributed by atoms with Gasteiger partial charge in [0.2, 0.25) is 0 Å². The average molecular weight is 281 g/mol. The average Bonchev–Trinajstić information content (AvgIpc) is 2.72. The molecule has 1 rings (SSSR count). The number of ether oxygens (including phenoxy) is 2. The molecule has 1 unspecified atom stereocenters. The molecule has 0 spiro atoms. The van der Waals surface area contributed by atoms with Gasteiger partial charge < -0.3 is 14.8 Å². The maximum Gasteiger partial charge on any atom is 0.319 e. The molecular formula is C12H25ClN2O3. The Hall–Kier alpha value is -0.360. The van der Waals surface area contributed by atoms with Crippen molar-refractivity contribution in [3.63, 3.8) is 0 Å². The summed E-state index contributed by atoms with van der Waals surface area (Å²) in [7, 11) is 3.10. The molecule has 0 amide bonds. The van der Waals surface area contributed by atoms with E-state index in [-0.39, 0.29) is 23.8 Å². The smallest absolute Gasteiger partial charge is 0.319 e. The van der Waals surface area contributed by atoms with Crippen LogP contribution < -0.4 is 5.32 Å². The lowest BCUT2D eigenvalue weighted by Gasteiger charge is -2.31. The molecule has 0 aromatic carbocycles. The summed E-state index contributed by atoms with van der Waals surface area (Å²) in [5, 5.41) is 3.37. The van der Waals surface area contributed by atoms with Gasteiger partial charge in [-0.25, -0.2) is 0 Å². The number of carbonyl (C=O) groups excluding carboxylic acids is 1. The molecule has 6 heteroatoms. The van der Waals surface area contributed by atoms with Gasteiger partial charge in [0.25, 0.3) is 0 Å². The molecule has 5 nitrogen and oxygen atoms in total. The predicted octanol–water partition coefficient (Wildman–Crippen LogP) is 0.529. The molecule has 1 fully saturated rings. The molecule has 108 valence electrons. The van der Waals surface area contributed by atoms with Crippen molar-refractivity contribution in [2.75, 3.05) is 53.6 Å². The Morgan fingerprint density at radius 3 is 2.67 bits per heavy atom. The normalized spacial score (nSPS) is 22.9. The van der Waals surface area contributed by atoms with Crippen molar-refractivity contribution < 1.29 is 14.3 Å². The minimum atomic E-state index is -0.185. The van der Waals surface area contributed by atoms with E-state index in [1.807, 2.05) is 0 Å². The number of rotatable bonds is 7. The third-order valence-electron chi connectivity index (χ3n) is 3.25. The zero-order valence-corrected chi connectivity index (χ0v) is 12.3. The second-order valence-corrected chi connectivity index (χ2v) is 5.02. The van der Waals surface area contributed by atoms with E-state index in [9.17, 15) is 4.79 Å². The number of nitrogens with one attached hydrogen (secondary N) is 1. The summed E-state index contributed by atoms with van der Waals surface area (Å²) in [6.45, 7) is 6.98. The van der Waals surface area contributed by atoms with Crippen LogP contribution in [-0.2, 0) is 14.3 Å². The lowest BCUT2D eigenvalue weighted by molar-refractivity contribution is -0.142. The van der Waals surface area contributed by atoms with E-state index >= 15 is 0 Å². The Morgan fingerprint density at radius 1 is 1.44 bits per heavy atom. The SMILES string of the molecule is COCCN(CC(=O)OC)CC1(C)CCNC1.Cl. The molecule has 1 saturated heterocycles. The van der Waals surface area contributed by atoms with Crippen molar-refractivity contribution in [2.45, 2.75) is 13.3 Å². The van der Waals surface area contributed by atoms with Gasteiger partial charge in [0.15, 0.2) is 0 Å². The van der Waals surface area contributed by atoms with Crippen LogP contribution in [0.3, 0.4) is 0 Å². The summed E-state index contributed by atoms with van der Waals surface area (Å²) in [6.07, 6.45) is 1.15. The van der Waals surface area contributed by atoms with Gasteiger partial charge in [-0.3, -0.25) is 9.69 Å². The molecule has 1 N–H and O–H groups in total. The van der Waals surface area contributed by atoms with Crippen LogP contribution in [0, 0.1) is 5.41 Å². The first-order chi connectivity index (χ1) is 8.09. The topological polar surface area (TPSA) is 50.8 Å². The summed E-state index contributed by atoms with van der Waals surface area (Å²) in [4.78, 5) is 13.5. The second-order valence-electron chi connectivity index (χ2n) is 5.02. The highest BCUT2D eigenvalue weighted by Gasteiger charge is 2.31. The first-order valence-corrected chi connectivity index (χ1v) is 6.08. The lowest BCUT2D eigenvalue weighted by Crippen LogP contribution is -2.42. The summed E-state index contributed by atoms with van der Waals surface area (Å²) in [5.41, 5.74) is 0.252. The fourth-order valence-electron chi connectivity index (χ4n) is 2.23. The van der Waals surface area contributed by atoms with Crippen LogP contribution >= 0.6 is 12.4 Å². The van der Waals surface area contributed by atoms with Gasteiger partial charge in [-0.2, -0.15) is 0 Å². The van der Waals surface area contributed by atoms with Gasteiger partial charge in [-0.1, -0.05) is 6.92 Å². The van der Waals surface area contributed by atoms with Crippen LogP contribution in [0.5, 0.6) is 0 Å². The van der Waals surface area contributed by atoms with Crippen LogP contribution in [0.1, 0.15) is 13.3 Å². The van der Waals surface area contributed by atoms with E-state index in [0.717, 1.165) is 32.6 Å². The van der Waals surface area contributed by atoms with E-state index in [1.54, 1.807) is 7.11 Å². The Kier molecular flexibility index (Phi) is 8.52. The van der Waals surface area contributed by atoms with E-state index in [2.05, 4.69) is 17.1 Å². The summed E-state index contributed by atoms with van der Waals surface area (Å²) in [6, 6.07) is 0. The van der Waals surface area contributed by atoms with Crippen LogP contribution in [-0.4, -0.2) is 64.4 Å². The van der Waals surface area contributed by atoms with E-state index in [0.29, 0.717) is 13.2 Å². The van der Waals surface area contributed by atoms with Crippen LogP contribution in [0.4, 0.5) is 0 Å². The molecule has 0 saturated carbocycles. The predicted molar refractivity (Wildman–Crippen MR) is 73.2 cm³/mol. The molecule has 0 bridgehead atoms. The fourth-order valence-corrected chi connectivity index (χ4v) is 2.23. The molecule has 0 radical (unpaired) electrons. The Bertz CT molecular complexity index is 245. The molecule has 0 aromatic heterocycles. The zero-order valence-electron chi connectivity index (χ0n) is 11.5. The standard InChI is InChI=1S/C12H24N2O3.ClH/c1-12(4-5-13-9-12)10-14(6-7-16-2)8-11(15)17-3;/h13H,4-10H2,1-3H3;1H. The highest BCUT2D eigenvalue weighted by molar-refractivity contribution is 5.85. The highest BCUT2D eigenvalue weighted by atomic mass is 35.5. The fraction of sp³-hybridized carbons (Fsp3) is 0.917. The number of carbonyl (C=O) groups is 1. The van der Waals surface area contributed by atoms with E-state index in [4.69, 9.17) is 9.47 Å². The lowest BCUT2D eigenvalue weighted by atomic mass is 9.89. The number of nitrogens with zero attached hydrogens (tertiary/aromatic N) is 1. The van der Waals surface area contributed by atoms with Gasteiger partial charge >= 0.3 is 5.97 Å². The van der Waals surface area contributed by atoms with Gasteiger partial charge in [0.1, 0.15) is 0 Å². The van der Waals surface area contributed by atoms with Crippen LogP contribution in [0.25, 0.3) is 0 Å². The van der Waals surface area contributed by atoms with Crippen molar-refractivity contribution in [3.8, 4) is 0 Å². The maximum atomic E-state index is 11.3. The summed E-state index contributed by atoms with van der Waals surface area (Å²) in [5.74, 6) is -0.185. The van der Waals surface area contributed by atoms with Crippen LogP contribution in [0.2, 0.25) is 0 Å². The Morgan fingerprint density at radius 2 is 2.17 bits per heavy atom. The van der Waals surface area contributed by atoms with Crippen molar-refractivity contribution in [2.24, 2.45) is 5.41 Å². The minimum absolute atomic E-state index is 0. The Labute approximate surface area is 116 Å². The first kappa shape index (κ1) is 17.6. The molecule has 1 aliphatic heterocycles.